The standard InChI is InChI=1S/C13H21NO/c1-13(9-5-6-10-14-13)12(15)11-7-3-2-4-8-11/h7,14H,2-6,8-10H2,1H3. The van der Waals surface area contributed by atoms with E-state index in [0.717, 1.165) is 31.4 Å². The first-order chi connectivity index (χ1) is 7.22. The van der Waals surface area contributed by atoms with Crippen LogP contribution >= 0.6 is 0 Å². The van der Waals surface area contributed by atoms with Crippen LogP contribution in [0.15, 0.2) is 11.6 Å². The third kappa shape index (κ3) is 2.31. The number of allylic oxidation sites excluding steroid dienone is 1. The summed E-state index contributed by atoms with van der Waals surface area (Å²) in [5.41, 5.74) is 0.819. The van der Waals surface area contributed by atoms with Crippen molar-refractivity contribution in [2.45, 2.75) is 57.4 Å². The lowest BCUT2D eigenvalue weighted by Crippen LogP contribution is -2.52. The average Bonchev–Trinajstić information content (AvgIpc) is 2.30. The van der Waals surface area contributed by atoms with Gasteiger partial charge in [-0.25, -0.2) is 0 Å². The highest BCUT2D eigenvalue weighted by molar-refractivity contribution is 6.02. The Bertz CT molecular complexity index is 274. The first-order valence-corrected chi connectivity index (χ1v) is 6.21. The Labute approximate surface area is 92.1 Å². The van der Waals surface area contributed by atoms with E-state index < -0.39 is 0 Å². The van der Waals surface area contributed by atoms with E-state index in [1.807, 2.05) is 0 Å². The van der Waals surface area contributed by atoms with E-state index in [-0.39, 0.29) is 5.54 Å². The summed E-state index contributed by atoms with van der Waals surface area (Å²) >= 11 is 0. The minimum absolute atomic E-state index is 0.262. The van der Waals surface area contributed by atoms with Gasteiger partial charge >= 0.3 is 0 Å². The van der Waals surface area contributed by atoms with E-state index in [9.17, 15) is 4.79 Å². The van der Waals surface area contributed by atoms with Crippen molar-refractivity contribution in [2.24, 2.45) is 0 Å². The summed E-state index contributed by atoms with van der Waals surface area (Å²) in [5, 5.41) is 3.40. The molecule has 1 fully saturated rings. The van der Waals surface area contributed by atoms with Crippen LogP contribution < -0.4 is 5.32 Å². The Morgan fingerprint density at radius 1 is 1.33 bits per heavy atom. The molecular formula is C13H21NO. The highest BCUT2D eigenvalue weighted by atomic mass is 16.1. The molecule has 0 spiro atoms. The smallest absolute Gasteiger partial charge is 0.178 e. The van der Waals surface area contributed by atoms with Crippen molar-refractivity contribution in [3.63, 3.8) is 0 Å². The molecule has 0 aromatic rings. The fraction of sp³-hybridized carbons (Fsp3) is 0.769. The monoisotopic (exact) mass is 207 g/mol. The molecule has 1 heterocycles. The third-order valence-corrected chi connectivity index (χ3v) is 3.70. The van der Waals surface area contributed by atoms with Gasteiger partial charge in [0, 0.05) is 0 Å². The molecule has 1 aliphatic carbocycles. The molecule has 0 radical (unpaired) electrons. The zero-order valence-electron chi connectivity index (χ0n) is 9.64. The van der Waals surface area contributed by atoms with Gasteiger partial charge in [0.15, 0.2) is 5.78 Å². The van der Waals surface area contributed by atoms with Gasteiger partial charge < -0.3 is 5.32 Å². The van der Waals surface area contributed by atoms with Crippen molar-refractivity contribution in [1.29, 1.82) is 0 Å². The molecule has 0 aromatic carbocycles. The second kappa shape index (κ2) is 4.48. The van der Waals surface area contributed by atoms with E-state index >= 15 is 0 Å². The Morgan fingerprint density at radius 2 is 2.20 bits per heavy atom. The predicted octanol–water partition coefficient (Wildman–Crippen LogP) is 2.59. The SMILES string of the molecule is CC1(C(=O)C2=CCCCC2)CCCCN1. The summed E-state index contributed by atoms with van der Waals surface area (Å²) in [7, 11) is 0. The van der Waals surface area contributed by atoms with Crippen LogP contribution in [-0.2, 0) is 4.79 Å². The number of hydrogen-bond acceptors (Lipinski definition) is 2. The quantitative estimate of drug-likeness (QED) is 0.754. The summed E-state index contributed by atoms with van der Waals surface area (Å²) in [6.07, 6.45) is 10.1. The number of rotatable bonds is 2. The van der Waals surface area contributed by atoms with Gasteiger partial charge in [-0.1, -0.05) is 6.08 Å². The Hall–Kier alpha value is -0.630. The van der Waals surface area contributed by atoms with Crippen molar-refractivity contribution in [1.82, 2.24) is 5.32 Å². The number of ketones is 1. The second-order valence-electron chi connectivity index (χ2n) is 5.02. The van der Waals surface area contributed by atoms with Crippen molar-refractivity contribution in [3.8, 4) is 0 Å². The molecule has 1 atom stereocenters. The summed E-state index contributed by atoms with van der Waals surface area (Å²) < 4.78 is 0. The summed E-state index contributed by atoms with van der Waals surface area (Å²) in [6, 6.07) is 0. The lowest BCUT2D eigenvalue weighted by atomic mass is 9.81. The second-order valence-corrected chi connectivity index (χ2v) is 5.02. The molecule has 0 saturated carbocycles. The van der Waals surface area contributed by atoms with Crippen LogP contribution in [0.5, 0.6) is 0 Å². The summed E-state index contributed by atoms with van der Waals surface area (Å²) in [5.74, 6) is 0.363. The number of carbonyl (C=O) groups is 1. The van der Waals surface area contributed by atoms with E-state index in [2.05, 4.69) is 18.3 Å². The molecule has 15 heavy (non-hydrogen) atoms. The molecule has 2 rings (SSSR count). The molecule has 2 nitrogen and oxygen atoms in total. The molecule has 1 aliphatic heterocycles. The largest absolute Gasteiger partial charge is 0.305 e. The Balaban J connectivity index is 2.08. The molecule has 1 N–H and O–H groups in total. The first-order valence-electron chi connectivity index (χ1n) is 6.21. The molecule has 0 amide bonds. The summed E-state index contributed by atoms with van der Waals surface area (Å²) in [6.45, 7) is 3.07. The normalized spacial score (nSPS) is 32.2. The van der Waals surface area contributed by atoms with E-state index in [1.165, 1.54) is 25.7 Å². The predicted molar refractivity (Wildman–Crippen MR) is 61.8 cm³/mol. The van der Waals surface area contributed by atoms with Gasteiger partial charge in [-0.3, -0.25) is 4.79 Å². The Kier molecular flexibility index (Phi) is 3.25. The van der Waals surface area contributed by atoms with Crippen LogP contribution in [0.1, 0.15) is 51.9 Å². The number of Topliss-reactive ketones (excluding diaryl/α,β-unsaturated/α-hetero) is 1. The van der Waals surface area contributed by atoms with E-state index in [0.29, 0.717) is 5.78 Å². The van der Waals surface area contributed by atoms with Crippen LogP contribution in [-0.4, -0.2) is 17.9 Å². The lowest BCUT2D eigenvalue weighted by molar-refractivity contribution is -0.122. The minimum Gasteiger partial charge on any atom is -0.305 e. The number of carbonyl (C=O) groups excluding carboxylic acids is 1. The van der Waals surface area contributed by atoms with Gasteiger partial charge in [0.25, 0.3) is 0 Å². The van der Waals surface area contributed by atoms with Gasteiger partial charge in [0.2, 0.25) is 0 Å². The average molecular weight is 207 g/mol. The molecule has 2 aliphatic rings. The van der Waals surface area contributed by atoms with Gasteiger partial charge in [0.05, 0.1) is 5.54 Å². The van der Waals surface area contributed by atoms with Crippen molar-refractivity contribution in [2.75, 3.05) is 6.54 Å². The Morgan fingerprint density at radius 3 is 2.80 bits per heavy atom. The topological polar surface area (TPSA) is 29.1 Å². The molecule has 2 heteroatoms. The maximum absolute atomic E-state index is 12.3. The maximum atomic E-state index is 12.3. The molecule has 84 valence electrons. The zero-order valence-corrected chi connectivity index (χ0v) is 9.64. The summed E-state index contributed by atoms with van der Waals surface area (Å²) in [4.78, 5) is 12.3. The fourth-order valence-corrected chi connectivity index (χ4v) is 2.65. The van der Waals surface area contributed by atoms with E-state index in [4.69, 9.17) is 0 Å². The van der Waals surface area contributed by atoms with Crippen LogP contribution in [0.3, 0.4) is 0 Å². The van der Waals surface area contributed by atoms with E-state index in [1.54, 1.807) is 0 Å². The highest BCUT2D eigenvalue weighted by Gasteiger charge is 2.35. The fourth-order valence-electron chi connectivity index (χ4n) is 2.65. The maximum Gasteiger partial charge on any atom is 0.178 e. The highest BCUT2D eigenvalue weighted by Crippen LogP contribution is 2.27. The van der Waals surface area contributed by atoms with Gasteiger partial charge in [-0.15, -0.1) is 0 Å². The van der Waals surface area contributed by atoms with Gasteiger partial charge in [-0.05, 0) is 64.0 Å². The van der Waals surface area contributed by atoms with Crippen LogP contribution in [0.4, 0.5) is 0 Å². The van der Waals surface area contributed by atoms with Gasteiger partial charge in [-0.2, -0.15) is 0 Å². The van der Waals surface area contributed by atoms with Crippen molar-refractivity contribution >= 4 is 5.78 Å². The number of hydrogen-bond donors (Lipinski definition) is 1. The van der Waals surface area contributed by atoms with Crippen molar-refractivity contribution in [3.05, 3.63) is 11.6 Å². The third-order valence-electron chi connectivity index (χ3n) is 3.70. The number of nitrogens with one attached hydrogen (secondary N) is 1. The van der Waals surface area contributed by atoms with Crippen molar-refractivity contribution < 1.29 is 4.79 Å². The minimum atomic E-state index is -0.262. The number of piperidine rings is 1. The lowest BCUT2D eigenvalue weighted by Gasteiger charge is -2.34. The zero-order chi connectivity index (χ0) is 10.7. The van der Waals surface area contributed by atoms with Crippen LogP contribution in [0, 0.1) is 0 Å². The molecule has 1 unspecified atom stereocenters. The first kappa shape index (κ1) is 10.9. The van der Waals surface area contributed by atoms with Crippen LogP contribution in [0.2, 0.25) is 0 Å². The molecule has 0 aromatic heterocycles. The van der Waals surface area contributed by atoms with Gasteiger partial charge in [0.1, 0.15) is 0 Å². The molecule has 1 saturated heterocycles. The molecular weight excluding hydrogens is 186 g/mol. The molecule has 0 bridgehead atoms. The van der Waals surface area contributed by atoms with Crippen LogP contribution in [0.25, 0.3) is 0 Å².